The van der Waals surface area contributed by atoms with Gasteiger partial charge < -0.3 is 9.73 Å². The van der Waals surface area contributed by atoms with E-state index < -0.39 is 0 Å². The van der Waals surface area contributed by atoms with Crippen LogP contribution in [0.5, 0.6) is 0 Å². The van der Waals surface area contributed by atoms with Gasteiger partial charge in [0, 0.05) is 17.3 Å². The van der Waals surface area contributed by atoms with Crippen LogP contribution in [0.3, 0.4) is 0 Å². The molecular weight excluding hydrogens is 410 g/mol. The summed E-state index contributed by atoms with van der Waals surface area (Å²) < 4.78 is 5.98. The standard InChI is InChI=1S/C26H22ClNO3/c1-26(2,3)17-10-8-16(9-11-17)24-15-22(29)20-14-18(12-13-23(20)31-24)28-25(30)19-6-4-5-7-21(19)27/h4-15H,1-3H3,(H,28,30). The molecule has 0 spiro atoms. The summed E-state index contributed by atoms with van der Waals surface area (Å²) in [6.45, 7) is 6.46. The average Bonchev–Trinajstić information content (AvgIpc) is 2.74. The summed E-state index contributed by atoms with van der Waals surface area (Å²) in [6, 6.07) is 21.3. The van der Waals surface area contributed by atoms with E-state index in [9.17, 15) is 9.59 Å². The van der Waals surface area contributed by atoms with Crippen LogP contribution < -0.4 is 10.7 Å². The molecule has 0 radical (unpaired) electrons. The quantitative estimate of drug-likeness (QED) is 0.394. The Morgan fingerprint density at radius 3 is 2.32 bits per heavy atom. The third-order valence-electron chi connectivity index (χ3n) is 5.14. The van der Waals surface area contributed by atoms with Gasteiger partial charge in [0.05, 0.1) is 16.0 Å². The predicted octanol–water partition coefficient (Wildman–Crippen LogP) is 6.66. The van der Waals surface area contributed by atoms with Crippen molar-refractivity contribution in [2.24, 2.45) is 0 Å². The lowest BCUT2D eigenvalue weighted by Crippen LogP contribution is -2.12. The molecule has 156 valence electrons. The summed E-state index contributed by atoms with van der Waals surface area (Å²) in [4.78, 5) is 25.3. The van der Waals surface area contributed by atoms with Gasteiger partial charge in [0.1, 0.15) is 11.3 Å². The number of anilines is 1. The van der Waals surface area contributed by atoms with Crippen LogP contribution in [0.1, 0.15) is 36.7 Å². The molecule has 1 heterocycles. The highest BCUT2D eigenvalue weighted by atomic mass is 35.5. The van der Waals surface area contributed by atoms with E-state index in [-0.39, 0.29) is 16.8 Å². The summed E-state index contributed by atoms with van der Waals surface area (Å²) in [5.41, 5.74) is 3.23. The third-order valence-corrected chi connectivity index (χ3v) is 5.47. The van der Waals surface area contributed by atoms with Crippen LogP contribution in [0.2, 0.25) is 5.02 Å². The number of carbonyl (C=O) groups is 1. The monoisotopic (exact) mass is 431 g/mol. The Morgan fingerprint density at radius 2 is 1.65 bits per heavy atom. The molecule has 0 bridgehead atoms. The Labute approximate surface area is 185 Å². The molecule has 1 N–H and O–H groups in total. The van der Waals surface area contributed by atoms with E-state index in [2.05, 4.69) is 26.1 Å². The zero-order valence-electron chi connectivity index (χ0n) is 17.5. The summed E-state index contributed by atoms with van der Waals surface area (Å²) >= 11 is 6.09. The first-order chi connectivity index (χ1) is 14.7. The van der Waals surface area contributed by atoms with Crippen LogP contribution in [-0.2, 0) is 5.41 Å². The van der Waals surface area contributed by atoms with Crippen molar-refractivity contribution in [2.75, 3.05) is 5.32 Å². The van der Waals surface area contributed by atoms with E-state index in [1.54, 1.807) is 42.5 Å². The molecule has 3 aromatic carbocycles. The van der Waals surface area contributed by atoms with Gasteiger partial charge in [-0.25, -0.2) is 0 Å². The van der Waals surface area contributed by atoms with Crippen molar-refractivity contribution in [1.82, 2.24) is 0 Å². The van der Waals surface area contributed by atoms with Crippen molar-refractivity contribution in [3.05, 3.63) is 99.2 Å². The molecular formula is C26H22ClNO3. The second-order valence-corrected chi connectivity index (χ2v) is 8.85. The van der Waals surface area contributed by atoms with Crippen molar-refractivity contribution >= 4 is 34.2 Å². The molecule has 5 heteroatoms. The molecule has 1 aromatic heterocycles. The van der Waals surface area contributed by atoms with Crippen molar-refractivity contribution in [2.45, 2.75) is 26.2 Å². The molecule has 1 amide bonds. The second-order valence-electron chi connectivity index (χ2n) is 8.45. The van der Waals surface area contributed by atoms with Crippen LogP contribution in [0, 0.1) is 0 Å². The molecule has 4 rings (SSSR count). The Bertz CT molecular complexity index is 1330. The Morgan fingerprint density at radius 1 is 0.935 bits per heavy atom. The number of amides is 1. The highest BCUT2D eigenvalue weighted by molar-refractivity contribution is 6.34. The SMILES string of the molecule is CC(C)(C)c1ccc(-c2cc(=O)c3cc(NC(=O)c4ccccc4Cl)ccc3o2)cc1. The lowest BCUT2D eigenvalue weighted by Gasteiger charge is -2.19. The van der Waals surface area contributed by atoms with Gasteiger partial charge in [-0.1, -0.05) is 68.8 Å². The van der Waals surface area contributed by atoms with Gasteiger partial charge in [-0.15, -0.1) is 0 Å². The third kappa shape index (κ3) is 4.39. The largest absolute Gasteiger partial charge is 0.456 e. The molecule has 4 nitrogen and oxygen atoms in total. The van der Waals surface area contributed by atoms with Crippen molar-refractivity contribution in [3.63, 3.8) is 0 Å². The summed E-state index contributed by atoms with van der Waals surface area (Å²) in [5, 5.41) is 3.54. The zero-order valence-corrected chi connectivity index (χ0v) is 18.3. The van der Waals surface area contributed by atoms with E-state index in [0.29, 0.717) is 33.0 Å². The first-order valence-corrected chi connectivity index (χ1v) is 10.3. The normalized spacial score (nSPS) is 11.5. The highest BCUT2D eigenvalue weighted by Gasteiger charge is 2.15. The smallest absolute Gasteiger partial charge is 0.257 e. The highest BCUT2D eigenvalue weighted by Crippen LogP contribution is 2.28. The molecule has 0 saturated heterocycles. The lowest BCUT2D eigenvalue weighted by molar-refractivity contribution is 0.102. The van der Waals surface area contributed by atoms with E-state index in [1.807, 2.05) is 24.3 Å². The predicted molar refractivity (Wildman–Crippen MR) is 126 cm³/mol. The lowest BCUT2D eigenvalue weighted by atomic mass is 9.86. The number of fused-ring (bicyclic) bond motifs is 1. The number of nitrogens with one attached hydrogen (secondary N) is 1. The fourth-order valence-electron chi connectivity index (χ4n) is 3.35. The maximum Gasteiger partial charge on any atom is 0.257 e. The molecule has 0 aliphatic rings. The number of hydrogen-bond donors (Lipinski definition) is 1. The fourth-order valence-corrected chi connectivity index (χ4v) is 3.58. The molecule has 0 unspecified atom stereocenters. The Kier molecular flexibility index (Phi) is 5.42. The Balaban J connectivity index is 1.65. The molecule has 0 fully saturated rings. The summed E-state index contributed by atoms with van der Waals surface area (Å²) in [6.07, 6.45) is 0. The van der Waals surface area contributed by atoms with Gasteiger partial charge in [0.2, 0.25) is 0 Å². The number of halogens is 1. The fraction of sp³-hybridized carbons (Fsp3) is 0.154. The van der Waals surface area contributed by atoms with Gasteiger partial charge in [-0.2, -0.15) is 0 Å². The molecule has 0 saturated carbocycles. The van der Waals surface area contributed by atoms with Crippen LogP contribution in [0.15, 0.2) is 82.0 Å². The van der Waals surface area contributed by atoms with Gasteiger partial charge >= 0.3 is 0 Å². The molecule has 0 atom stereocenters. The maximum absolute atomic E-state index is 12.8. The zero-order chi connectivity index (χ0) is 22.2. The summed E-state index contributed by atoms with van der Waals surface area (Å²) in [7, 11) is 0. The van der Waals surface area contributed by atoms with Crippen LogP contribution >= 0.6 is 11.6 Å². The van der Waals surface area contributed by atoms with Gasteiger partial charge in [0.25, 0.3) is 5.91 Å². The summed E-state index contributed by atoms with van der Waals surface area (Å²) in [5.74, 6) is 0.163. The van der Waals surface area contributed by atoms with Gasteiger partial charge in [-0.3, -0.25) is 9.59 Å². The minimum absolute atomic E-state index is 0.0492. The molecule has 31 heavy (non-hydrogen) atoms. The molecule has 0 aliphatic carbocycles. The van der Waals surface area contributed by atoms with Crippen LogP contribution in [0.4, 0.5) is 5.69 Å². The van der Waals surface area contributed by atoms with Gasteiger partial charge in [-0.05, 0) is 41.3 Å². The topological polar surface area (TPSA) is 59.3 Å². The van der Waals surface area contributed by atoms with Crippen LogP contribution in [0.25, 0.3) is 22.3 Å². The number of hydrogen-bond acceptors (Lipinski definition) is 3. The minimum Gasteiger partial charge on any atom is -0.456 e. The Hall–Kier alpha value is -3.37. The maximum atomic E-state index is 12.8. The van der Waals surface area contributed by atoms with Crippen LogP contribution in [-0.4, -0.2) is 5.91 Å². The molecule has 0 aliphatic heterocycles. The first-order valence-electron chi connectivity index (χ1n) is 9.97. The van der Waals surface area contributed by atoms with Crippen molar-refractivity contribution in [3.8, 4) is 11.3 Å². The number of benzene rings is 3. The number of carbonyl (C=O) groups excluding carboxylic acids is 1. The van der Waals surface area contributed by atoms with Crippen molar-refractivity contribution < 1.29 is 9.21 Å². The van der Waals surface area contributed by atoms with Crippen molar-refractivity contribution in [1.29, 1.82) is 0 Å². The average molecular weight is 432 g/mol. The second kappa shape index (κ2) is 8.05. The van der Waals surface area contributed by atoms with E-state index in [1.165, 1.54) is 11.6 Å². The van der Waals surface area contributed by atoms with Gasteiger partial charge in [0.15, 0.2) is 5.43 Å². The van der Waals surface area contributed by atoms with E-state index >= 15 is 0 Å². The minimum atomic E-state index is -0.343. The van der Waals surface area contributed by atoms with E-state index in [4.69, 9.17) is 16.0 Å². The van der Waals surface area contributed by atoms with E-state index in [0.717, 1.165) is 5.56 Å². The molecule has 4 aromatic rings. The number of rotatable bonds is 3. The first kappa shape index (κ1) is 20.9.